The molecule has 0 spiro atoms. The van der Waals surface area contributed by atoms with Gasteiger partial charge in [-0.1, -0.05) is 0 Å². The smallest absolute Gasteiger partial charge is 0.368 e. The largest absolute Gasteiger partial charge is 0.456 e. The summed E-state index contributed by atoms with van der Waals surface area (Å²) < 4.78 is 34.2. The number of rotatable bonds is 7. The highest BCUT2D eigenvalue weighted by atomic mass is 79.9. The summed E-state index contributed by atoms with van der Waals surface area (Å²) >= 11 is 3.16. The van der Waals surface area contributed by atoms with E-state index in [9.17, 15) is 23.7 Å². The van der Waals surface area contributed by atoms with E-state index in [1.807, 2.05) is 0 Å². The number of hydrogen-bond acceptors (Lipinski definition) is 6. The third kappa shape index (κ3) is 4.06. The van der Waals surface area contributed by atoms with Gasteiger partial charge in [-0.15, -0.1) is 0 Å². The summed E-state index contributed by atoms with van der Waals surface area (Å²) in [4.78, 5) is 22.4. The van der Waals surface area contributed by atoms with E-state index in [0.717, 1.165) is 15.4 Å². The van der Waals surface area contributed by atoms with Crippen LogP contribution in [0.15, 0.2) is 45.7 Å². The summed E-state index contributed by atoms with van der Waals surface area (Å²) in [6, 6.07) is 7.60. The van der Waals surface area contributed by atoms with Crippen LogP contribution in [-0.4, -0.2) is 31.4 Å². The van der Waals surface area contributed by atoms with E-state index in [2.05, 4.69) is 26.4 Å². The third-order valence-corrected chi connectivity index (χ3v) is 4.27. The lowest BCUT2D eigenvalue weighted by Crippen LogP contribution is -2.25. The van der Waals surface area contributed by atoms with Gasteiger partial charge in [-0.2, -0.15) is 9.36 Å². The van der Waals surface area contributed by atoms with Gasteiger partial charge in [-0.3, -0.25) is 14.5 Å². The number of benzene rings is 2. The van der Waals surface area contributed by atoms with Crippen molar-refractivity contribution in [1.82, 2.24) is 19.8 Å². The molecule has 28 heavy (non-hydrogen) atoms. The Kier molecular flexibility index (Phi) is 5.78. The predicted octanol–water partition coefficient (Wildman–Crippen LogP) is 3.39. The van der Waals surface area contributed by atoms with Crippen LogP contribution < -0.4 is 10.4 Å². The molecule has 0 fully saturated rings. The molecule has 0 aliphatic rings. The number of ether oxygens (including phenoxy) is 1. The number of hydrogen-bond donors (Lipinski definition) is 0. The third-order valence-electron chi connectivity index (χ3n) is 3.65. The fourth-order valence-electron chi connectivity index (χ4n) is 2.30. The van der Waals surface area contributed by atoms with Crippen molar-refractivity contribution in [1.29, 1.82) is 0 Å². The Balaban J connectivity index is 1.94. The Labute approximate surface area is 164 Å². The quantitative estimate of drug-likeness (QED) is 0.399. The molecule has 0 saturated carbocycles. The van der Waals surface area contributed by atoms with Gasteiger partial charge >= 0.3 is 5.69 Å². The molecule has 0 radical (unpaired) electrons. The molecule has 1 heterocycles. The molecule has 0 aliphatic carbocycles. The molecule has 0 amide bonds. The van der Waals surface area contributed by atoms with E-state index < -0.39 is 23.1 Å². The van der Waals surface area contributed by atoms with Crippen LogP contribution in [-0.2, 0) is 6.54 Å². The van der Waals surface area contributed by atoms with Gasteiger partial charge in [0.25, 0.3) is 5.69 Å². The lowest BCUT2D eigenvalue weighted by atomic mass is 10.2. The number of nitrogens with zero attached hydrogens (tertiary/aromatic N) is 5. The molecular formula is C16H12BrF2N5O4. The summed E-state index contributed by atoms with van der Waals surface area (Å²) in [5, 5.41) is 17.9. The van der Waals surface area contributed by atoms with Gasteiger partial charge in [-0.05, 0) is 51.0 Å². The molecular weight excluding hydrogens is 444 g/mol. The molecule has 0 atom stereocenters. The van der Waals surface area contributed by atoms with Crippen molar-refractivity contribution >= 4 is 21.6 Å². The van der Waals surface area contributed by atoms with Crippen molar-refractivity contribution in [3.63, 3.8) is 0 Å². The highest BCUT2D eigenvalue weighted by molar-refractivity contribution is 9.10. The topological polar surface area (TPSA) is 105 Å². The zero-order chi connectivity index (χ0) is 20.3. The summed E-state index contributed by atoms with van der Waals surface area (Å²) in [6.07, 6.45) is 0.0793. The monoisotopic (exact) mass is 455 g/mol. The van der Waals surface area contributed by atoms with Crippen molar-refractivity contribution in [2.24, 2.45) is 0 Å². The Morgan fingerprint density at radius 2 is 1.93 bits per heavy atom. The van der Waals surface area contributed by atoms with Gasteiger partial charge in [-0.25, -0.2) is 9.18 Å². The second kappa shape index (κ2) is 8.25. The zero-order valence-electron chi connectivity index (χ0n) is 14.1. The van der Waals surface area contributed by atoms with Crippen LogP contribution in [0.1, 0.15) is 6.42 Å². The molecule has 0 unspecified atom stereocenters. The average Bonchev–Trinajstić information content (AvgIpc) is 3.03. The number of alkyl halides is 1. The summed E-state index contributed by atoms with van der Waals surface area (Å²) in [5.41, 5.74) is -1.05. The van der Waals surface area contributed by atoms with Crippen LogP contribution in [0.25, 0.3) is 5.69 Å². The molecule has 9 nitrogen and oxygen atoms in total. The Hall–Kier alpha value is -3.15. The second-order valence-electron chi connectivity index (χ2n) is 5.53. The van der Waals surface area contributed by atoms with Crippen molar-refractivity contribution in [3.8, 4) is 17.2 Å². The van der Waals surface area contributed by atoms with Gasteiger partial charge < -0.3 is 4.74 Å². The first-order chi connectivity index (χ1) is 13.4. The summed E-state index contributed by atoms with van der Waals surface area (Å²) in [7, 11) is 0. The first-order valence-electron chi connectivity index (χ1n) is 7.91. The van der Waals surface area contributed by atoms with Gasteiger partial charge in [0.1, 0.15) is 17.2 Å². The maximum absolute atomic E-state index is 14.4. The minimum Gasteiger partial charge on any atom is -0.456 e. The molecule has 12 heteroatoms. The lowest BCUT2D eigenvalue weighted by Gasteiger charge is -2.10. The number of aryl methyl sites for hydroxylation is 1. The summed E-state index contributed by atoms with van der Waals surface area (Å²) in [5.74, 6) is -0.346. The van der Waals surface area contributed by atoms with Crippen LogP contribution in [0, 0.1) is 15.9 Å². The number of tetrazole rings is 1. The number of halogens is 3. The number of aromatic nitrogens is 4. The Morgan fingerprint density at radius 1 is 1.21 bits per heavy atom. The standard InChI is InChI=1S/C16H12BrF2N5O4/c17-12-8-13(19)14(23-16(25)22(20-21-23)7-1-6-18)9-15(12)28-11-4-2-10(3-5-11)24(26)27/h2-5,8-9H,1,6-7H2. The molecule has 0 aliphatic heterocycles. The fraction of sp³-hybridized carbons (Fsp3) is 0.188. The van der Waals surface area contributed by atoms with Gasteiger partial charge in [0, 0.05) is 18.2 Å². The van der Waals surface area contributed by atoms with Gasteiger partial charge in [0.05, 0.1) is 22.6 Å². The fourth-order valence-corrected chi connectivity index (χ4v) is 2.69. The lowest BCUT2D eigenvalue weighted by molar-refractivity contribution is -0.384. The van der Waals surface area contributed by atoms with Crippen LogP contribution >= 0.6 is 15.9 Å². The number of nitro groups is 1. The summed E-state index contributed by atoms with van der Waals surface area (Å²) in [6.45, 7) is -0.612. The van der Waals surface area contributed by atoms with E-state index in [-0.39, 0.29) is 40.3 Å². The van der Waals surface area contributed by atoms with E-state index >= 15 is 0 Å². The van der Waals surface area contributed by atoms with E-state index in [4.69, 9.17) is 4.74 Å². The van der Waals surface area contributed by atoms with Crippen molar-refractivity contribution in [2.75, 3.05) is 6.67 Å². The molecule has 146 valence electrons. The first-order valence-corrected chi connectivity index (χ1v) is 8.70. The van der Waals surface area contributed by atoms with Crippen molar-refractivity contribution in [3.05, 3.63) is 67.3 Å². The number of nitro benzene ring substituents is 1. The number of non-ortho nitro benzene ring substituents is 1. The average molecular weight is 456 g/mol. The van der Waals surface area contributed by atoms with Gasteiger partial charge in [0.2, 0.25) is 0 Å². The normalized spacial score (nSPS) is 10.8. The molecule has 3 rings (SSSR count). The van der Waals surface area contributed by atoms with Crippen LogP contribution in [0.2, 0.25) is 0 Å². The highest BCUT2D eigenvalue weighted by Crippen LogP contribution is 2.33. The van der Waals surface area contributed by atoms with E-state index in [1.54, 1.807) is 0 Å². The molecule has 0 N–H and O–H groups in total. The molecule has 1 aromatic heterocycles. The second-order valence-corrected chi connectivity index (χ2v) is 6.38. The maximum Gasteiger partial charge on any atom is 0.368 e. The van der Waals surface area contributed by atoms with E-state index in [0.29, 0.717) is 0 Å². The van der Waals surface area contributed by atoms with Gasteiger partial charge in [0.15, 0.2) is 5.82 Å². The maximum atomic E-state index is 14.4. The predicted molar refractivity (Wildman–Crippen MR) is 97.0 cm³/mol. The highest BCUT2D eigenvalue weighted by Gasteiger charge is 2.17. The zero-order valence-corrected chi connectivity index (χ0v) is 15.7. The van der Waals surface area contributed by atoms with Crippen molar-refractivity contribution < 1.29 is 18.4 Å². The molecule has 0 bridgehead atoms. The Bertz CT molecular complexity index is 1070. The molecule has 0 saturated heterocycles. The van der Waals surface area contributed by atoms with Crippen LogP contribution in [0.3, 0.4) is 0 Å². The van der Waals surface area contributed by atoms with Crippen LogP contribution in [0.5, 0.6) is 11.5 Å². The first kappa shape index (κ1) is 19.6. The molecule has 2 aromatic carbocycles. The molecule has 3 aromatic rings. The minimum atomic E-state index is -0.762. The SMILES string of the molecule is O=c1n(CCCF)nnn1-c1cc(Oc2ccc([N+](=O)[O-])cc2)c(Br)cc1F. The Morgan fingerprint density at radius 3 is 2.57 bits per heavy atom. The van der Waals surface area contributed by atoms with Crippen molar-refractivity contribution in [2.45, 2.75) is 13.0 Å². The minimum absolute atomic E-state index is 0.0135. The van der Waals surface area contributed by atoms with Crippen LogP contribution in [0.4, 0.5) is 14.5 Å². The van der Waals surface area contributed by atoms with E-state index in [1.165, 1.54) is 30.3 Å².